The number of aryl methyl sites for hydroxylation is 1. The summed E-state index contributed by atoms with van der Waals surface area (Å²) in [6.45, 7) is 0.829. The number of hydrogen-bond acceptors (Lipinski definition) is 4. The van der Waals surface area contributed by atoms with Crippen LogP contribution in [-0.4, -0.2) is 34.9 Å². The largest absolute Gasteiger partial charge is 0.497 e. The van der Waals surface area contributed by atoms with Crippen molar-refractivity contribution in [1.82, 2.24) is 14.9 Å². The smallest absolute Gasteiger partial charge is 0.251 e. The van der Waals surface area contributed by atoms with Gasteiger partial charge >= 0.3 is 0 Å². The van der Waals surface area contributed by atoms with E-state index in [1.807, 2.05) is 34.9 Å². The van der Waals surface area contributed by atoms with Gasteiger partial charge in [-0.3, -0.25) is 9.59 Å². The summed E-state index contributed by atoms with van der Waals surface area (Å²) in [5, 5.41) is 3.57. The number of halogens is 1. The molecule has 0 aliphatic rings. The Balaban J connectivity index is 1.32. The molecule has 7 heteroatoms. The number of ether oxygens (including phenoxy) is 1. The molecule has 0 aliphatic heterocycles. The number of aromatic nitrogens is 2. The van der Waals surface area contributed by atoms with Gasteiger partial charge in [-0.1, -0.05) is 36.2 Å². The predicted molar refractivity (Wildman–Crippen MR) is 138 cm³/mol. The minimum absolute atomic E-state index is 0.0197. The van der Waals surface area contributed by atoms with Crippen molar-refractivity contribution in [2.75, 3.05) is 13.7 Å². The molecule has 0 bridgehead atoms. The number of fused-ring (bicyclic) bond motifs is 1. The number of carbonyl (C=O) groups is 2. The Hall–Kier alpha value is -3.64. The van der Waals surface area contributed by atoms with E-state index in [-0.39, 0.29) is 18.2 Å². The van der Waals surface area contributed by atoms with E-state index in [9.17, 15) is 9.59 Å². The van der Waals surface area contributed by atoms with Crippen LogP contribution < -0.4 is 10.1 Å². The highest BCUT2D eigenvalue weighted by molar-refractivity contribution is 6.30. The lowest BCUT2D eigenvalue weighted by molar-refractivity contribution is 0.0950. The highest BCUT2D eigenvalue weighted by Gasteiger charge is 2.15. The van der Waals surface area contributed by atoms with Gasteiger partial charge in [-0.2, -0.15) is 0 Å². The summed E-state index contributed by atoms with van der Waals surface area (Å²) in [6, 6.07) is 22.0. The molecule has 0 saturated carbocycles. The fourth-order valence-electron chi connectivity index (χ4n) is 4.02. The molecule has 0 saturated heterocycles. The van der Waals surface area contributed by atoms with Crippen LogP contribution >= 0.6 is 11.6 Å². The molecule has 1 heterocycles. The number of benzene rings is 3. The van der Waals surface area contributed by atoms with Crippen molar-refractivity contribution < 1.29 is 14.3 Å². The van der Waals surface area contributed by atoms with Gasteiger partial charge in [-0.15, -0.1) is 0 Å². The van der Waals surface area contributed by atoms with Gasteiger partial charge in [0.1, 0.15) is 11.6 Å². The molecule has 180 valence electrons. The topological polar surface area (TPSA) is 73.2 Å². The lowest BCUT2D eigenvalue weighted by Crippen LogP contribution is -2.24. The van der Waals surface area contributed by atoms with E-state index in [1.54, 1.807) is 49.6 Å². The lowest BCUT2D eigenvalue weighted by Gasteiger charge is -2.10. The van der Waals surface area contributed by atoms with Crippen LogP contribution in [0.1, 0.15) is 45.8 Å². The number of hydrogen-bond donors (Lipinski definition) is 1. The van der Waals surface area contributed by atoms with Crippen molar-refractivity contribution >= 4 is 34.3 Å². The predicted octanol–water partition coefficient (Wildman–Crippen LogP) is 5.72. The van der Waals surface area contributed by atoms with Gasteiger partial charge in [-0.25, -0.2) is 4.98 Å². The Morgan fingerprint density at radius 3 is 2.54 bits per heavy atom. The normalized spacial score (nSPS) is 10.9. The van der Waals surface area contributed by atoms with E-state index >= 15 is 0 Å². The zero-order chi connectivity index (χ0) is 24.6. The summed E-state index contributed by atoms with van der Waals surface area (Å²) in [5.41, 5.74) is 3.06. The third kappa shape index (κ3) is 6.28. The van der Waals surface area contributed by atoms with Crippen molar-refractivity contribution in [2.24, 2.45) is 0 Å². The first kappa shape index (κ1) is 24.5. The number of Topliss-reactive ketones (excluding diaryl/α,β-unsaturated/α-hetero) is 1. The maximum atomic E-state index is 12.9. The van der Waals surface area contributed by atoms with Gasteiger partial charge in [0.05, 0.1) is 24.7 Å². The van der Waals surface area contributed by atoms with Crippen LogP contribution in [0.15, 0.2) is 72.8 Å². The average Bonchev–Trinajstić information content (AvgIpc) is 3.23. The van der Waals surface area contributed by atoms with E-state index in [1.165, 1.54) is 0 Å². The Labute approximate surface area is 209 Å². The molecule has 4 rings (SSSR count). The molecule has 3 aromatic carbocycles. The number of unbranched alkanes of at least 4 members (excludes halogenated alkanes) is 2. The number of rotatable bonds is 11. The highest BCUT2D eigenvalue weighted by Crippen LogP contribution is 2.20. The molecular formula is C28H28ClN3O3. The Kier molecular flexibility index (Phi) is 8.16. The Morgan fingerprint density at radius 2 is 1.74 bits per heavy atom. The number of para-hydroxylation sites is 2. The molecule has 0 atom stereocenters. The monoisotopic (exact) mass is 489 g/mol. The lowest BCUT2D eigenvalue weighted by atomic mass is 10.1. The zero-order valence-corrected chi connectivity index (χ0v) is 20.4. The first-order chi connectivity index (χ1) is 17.0. The summed E-state index contributed by atoms with van der Waals surface area (Å²) in [5.74, 6) is 1.47. The number of carbonyl (C=O) groups excluding carboxylic acids is 2. The van der Waals surface area contributed by atoms with Gasteiger partial charge in [0.2, 0.25) is 0 Å². The number of methoxy groups -OCH3 is 1. The molecule has 1 N–H and O–H groups in total. The van der Waals surface area contributed by atoms with Crippen LogP contribution in [0, 0.1) is 0 Å². The molecule has 0 fully saturated rings. The maximum Gasteiger partial charge on any atom is 0.251 e. The molecule has 1 amide bonds. The van der Waals surface area contributed by atoms with E-state index in [2.05, 4.69) is 5.32 Å². The van der Waals surface area contributed by atoms with Gasteiger partial charge in [0.15, 0.2) is 5.78 Å². The minimum atomic E-state index is -0.105. The fraction of sp³-hybridized carbons (Fsp3) is 0.250. The van der Waals surface area contributed by atoms with Crippen LogP contribution in [0.25, 0.3) is 11.0 Å². The third-order valence-corrected chi connectivity index (χ3v) is 6.15. The third-order valence-electron chi connectivity index (χ3n) is 5.90. The molecule has 0 unspecified atom stereocenters. The van der Waals surface area contributed by atoms with E-state index in [0.717, 1.165) is 42.5 Å². The first-order valence-corrected chi connectivity index (χ1v) is 12.1. The van der Waals surface area contributed by atoms with Crippen LogP contribution in [0.2, 0.25) is 5.02 Å². The van der Waals surface area contributed by atoms with Crippen LogP contribution in [-0.2, 0) is 13.0 Å². The summed E-state index contributed by atoms with van der Waals surface area (Å²) >= 11 is 5.96. The van der Waals surface area contributed by atoms with E-state index in [4.69, 9.17) is 21.3 Å². The van der Waals surface area contributed by atoms with Crippen LogP contribution in [0.4, 0.5) is 0 Å². The van der Waals surface area contributed by atoms with Crippen molar-refractivity contribution in [2.45, 2.75) is 32.2 Å². The SMILES string of the molecule is COc1cccc(C(=O)NCCCCCc2nc3ccccc3n2CC(=O)c2ccc(Cl)cc2)c1. The Morgan fingerprint density at radius 1 is 0.943 bits per heavy atom. The summed E-state index contributed by atoms with van der Waals surface area (Å²) in [6.07, 6.45) is 3.46. The second-order valence-electron chi connectivity index (χ2n) is 8.33. The Bertz CT molecular complexity index is 1310. The number of nitrogens with one attached hydrogen (secondary N) is 1. The molecule has 1 aromatic heterocycles. The van der Waals surface area contributed by atoms with Crippen LogP contribution in [0.5, 0.6) is 5.75 Å². The quantitative estimate of drug-likeness (QED) is 0.216. The number of amides is 1. The molecule has 0 aliphatic carbocycles. The maximum absolute atomic E-state index is 12.9. The molecule has 4 aromatic rings. The molecule has 6 nitrogen and oxygen atoms in total. The van der Waals surface area contributed by atoms with Crippen molar-refractivity contribution in [3.63, 3.8) is 0 Å². The molecule has 35 heavy (non-hydrogen) atoms. The van der Waals surface area contributed by atoms with Gasteiger partial charge in [0.25, 0.3) is 5.91 Å². The molecular weight excluding hydrogens is 462 g/mol. The van der Waals surface area contributed by atoms with Gasteiger partial charge < -0.3 is 14.6 Å². The number of ketones is 1. The minimum Gasteiger partial charge on any atom is -0.497 e. The van der Waals surface area contributed by atoms with Crippen molar-refractivity contribution in [3.05, 3.63) is 94.8 Å². The second-order valence-corrected chi connectivity index (χ2v) is 8.77. The summed E-state index contributed by atoms with van der Waals surface area (Å²) < 4.78 is 7.19. The van der Waals surface area contributed by atoms with Gasteiger partial charge in [0, 0.05) is 29.1 Å². The fourth-order valence-corrected chi connectivity index (χ4v) is 4.14. The number of imidazole rings is 1. The highest BCUT2D eigenvalue weighted by atomic mass is 35.5. The molecule has 0 spiro atoms. The number of nitrogens with zero attached hydrogens (tertiary/aromatic N) is 2. The van der Waals surface area contributed by atoms with Gasteiger partial charge in [-0.05, 0) is 67.4 Å². The van der Waals surface area contributed by atoms with E-state index in [0.29, 0.717) is 28.4 Å². The standard InChI is InChI=1S/C28H28ClN3O3/c1-35-23-9-7-8-21(18-23)28(34)30-17-6-2-3-12-27-31-24-10-4-5-11-25(24)32(27)19-26(33)20-13-15-22(29)16-14-20/h4-5,7-11,13-16,18H,2-3,6,12,17,19H2,1H3,(H,30,34). The van der Waals surface area contributed by atoms with E-state index < -0.39 is 0 Å². The average molecular weight is 490 g/mol. The van der Waals surface area contributed by atoms with Crippen molar-refractivity contribution in [1.29, 1.82) is 0 Å². The summed E-state index contributed by atoms with van der Waals surface area (Å²) in [7, 11) is 1.58. The van der Waals surface area contributed by atoms with Crippen molar-refractivity contribution in [3.8, 4) is 5.75 Å². The summed E-state index contributed by atoms with van der Waals surface area (Å²) in [4.78, 5) is 30.0. The van der Waals surface area contributed by atoms with Crippen LogP contribution in [0.3, 0.4) is 0 Å². The molecule has 0 radical (unpaired) electrons. The zero-order valence-electron chi connectivity index (χ0n) is 19.7. The first-order valence-electron chi connectivity index (χ1n) is 11.7. The second kappa shape index (κ2) is 11.7.